The summed E-state index contributed by atoms with van der Waals surface area (Å²) in [6, 6.07) is 11.1. The van der Waals surface area contributed by atoms with Gasteiger partial charge in [-0.25, -0.2) is 8.42 Å². The number of aromatic amines is 1. The minimum atomic E-state index is -3.21. The predicted molar refractivity (Wildman–Crippen MR) is 104 cm³/mol. The Morgan fingerprint density at radius 1 is 1.08 bits per heavy atom. The summed E-state index contributed by atoms with van der Waals surface area (Å²) >= 11 is 0. The van der Waals surface area contributed by atoms with Crippen molar-refractivity contribution < 1.29 is 8.42 Å². The largest absolute Gasteiger partial charge is 0.325 e. The van der Waals surface area contributed by atoms with Gasteiger partial charge < -0.3 is 4.98 Å². The minimum absolute atomic E-state index is 0.0193. The van der Waals surface area contributed by atoms with E-state index in [1.165, 1.54) is 31.9 Å². The molecule has 2 aromatic rings. The van der Waals surface area contributed by atoms with Crippen molar-refractivity contribution in [3.63, 3.8) is 0 Å². The first kappa shape index (κ1) is 18.9. The van der Waals surface area contributed by atoms with Gasteiger partial charge >= 0.3 is 0 Å². The fourth-order valence-electron chi connectivity index (χ4n) is 3.97. The lowest BCUT2D eigenvalue weighted by molar-refractivity contribution is 0.468. The molecule has 0 amide bonds. The van der Waals surface area contributed by atoms with Gasteiger partial charge in [-0.2, -0.15) is 0 Å². The number of nitrogens with one attached hydrogen (secondary N) is 1. The molecule has 1 aliphatic rings. The Morgan fingerprint density at radius 3 is 2.27 bits per heavy atom. The van der Waals surface area contributed by atoms with E-state index in [1.54, 1.807) is 12.1 Å². The number of pyridine rings is 1. The number of H-pyrrole nitrogens is 1. The summed E-state index contributed by atoms with van der Waals surface area (Å²) in [5.74, 6) is 0.745. The highest BCUT2D eigenvalue weighted by molar-refractivity contribution is 7.90. The number of aryl methyl sites for hydroxylation is 1. The summed E-state index contributed by atoms with van der Waals surface area (Å²) in [6.07, 6.45) is 7.93. The summed E-state index contributed by atoms with van der Waals surface area (Å²) in [5, 5.41) is 0. The Hall–Kier alpha value is -1.88. The molecular weight excluding hydrogens is 346 g/mol. The average molecular weight is 374 g/mol. The molecule has 140 valence electrons. The lowest BCUT2D eigenvalue weighted by Gasteiger charge is -2.22. The third-order valence-electron chi connectivity index (χ3n) is 5.52. The van der Waals surface area contributed by atoms with Crippen LogP contribution in [0.2, 0.25) is 0 Å². The van der Waals surface area contributed by atoms with Crippen LogP contribution in [-0.4, -0.2) is 19.7 Å². The molecule has 5 heteroatoms. The quantitative estimate of drug-likeness (QED) is 0.830. The predicted octanol–water partition coefficient (Wildman–Crippen LogP) is 4.05. The molecule has 0 radical (unpaired) electrons. The number of rotatable bonds is 6. The van der Waals surface area contributed by atoms with Gasteiger partial charge in [0.25, 0.3) is 5.56 Å². The van der Waals surface area contributed by atoms with E-state index in [-0.39, 0.29) is 11.5 Å². The van der Waals surface area contributed by atoms with Crippen LogP contribution >= 0.6 is 0 Å². The van der Waals surface area contributed by atoms with E-state index in [4.69, 9.17) is 0 Å². The van der Waals surface area contributed by atoms with Gasteiger partial charge in [0.1, 0.15) is 0 Å². The number of aromatic nitrogens is 1. The fourth-order valence-corrected chi connectivity index (χ4v) is 4.60. The standard InChI is InChI=1S/C21H27NO3S/c1-3-16-10-13-20(22-21(16)23)19(14-15-6-4-5-7-15)17-8-11-18(12-9-17)26(2,24)25/h8-13,15,19H,3-7,14H2,1-2H3,(H,22,23). The molecule has 0 saturated heterocycles. The average Bonchev–Trinajstić information content (AvgIpc) is 3.12. The first-order chi connectivity index (χ1) is 12.4. The van der Waals surface area contributed by atoms with E-state index in [2.05, 4.69) is 4.98 Å². The number of benzene rings is 1. The highest BCUT2D eigenvalue weighted by Gasteiger charge is 2.24. The number of hydrogen-bond acceptors (Lipinski definition) is 3. The Balaban J connectivity index is 1.97. The van der Waals surface area contributed by atoms with Crippen molar-refractivity contribution in [1.29, 1.82) is 0 Å². The molecule has 1 fully saturated rings. The van der Waals surface area contributed by atoms with Crippen molar-refractivity contribution >= 4 is 9.84 Å². The van der Waals surface area contributed by atoms with Crippen molar-refractivity contribution in [3.8, 4) is 0 Å². The van der Waals surface area contributed by atoms with E-state index in [1.807, 2.05) is 31.2 Å². The molecule has 1 aromatic carbocycles. The molecule has 1 aromatic heterocycles. The van der Waals surface area contributed by atoms with Crippen LogP contribution in [0.25, 0.3) is 0 Å². The van der Waals surface area contributed by atoms with E-state index < -0.39 is 9.84 Å². The third-order valence-corrected chi connectivity index (χ3v) is 6.65. The van der Waals surface area contributed by atoms with Gasteiger partial charge in [0.15, 0.2) is 9.84 Å². The molecular formula is C21H27NO3S. The molecule has 1 heterocycles. The Bertz CT molecular complexity index is 907. The van der Waals surface area contributed by atoms with Crippen LogP contribution < -0.4 is 5.56 Å². The smallest absolute Gasteiger partial charge is 0.251 e. The summed E-state index contributed by atoms with van der Waals surface area (Å²) < 4.78 is 23.5. The Labute approximate surface area is 155 Å². The molecule has 3 rings (SSSR count). The molecule has 0 spiro atoms. The van der Waals surface area contributed by atoms with E-state index >= 15 is 0 Å². The molecule has 1 unspecified atom stereocenters. The van der Waals surface area contributed by atoms with Crippen LogP contribution in [0.5, 0.6) is 0 Å². The number of sulfone groups is 1. The zero-order valence-electron chi connectivity index (χ0n) is 15.5. The molecule has 4 nitrogen and oxygen atoms in total. The van der Waals surface area contributed by atoms with Crippen molar-refractivity contribution in [2.75, 3.05) is 6.26 Å². The topological polar surface area (TPSA) is 67.0 Å². The van der Waals surface area contributed by atoms with Crippen LogP contribution in [0.1, 0.15) is 61.8 Å². The maximum absolute atomic E-state index is 12.3. The molecule has 0 bridgehead atoms. The van der Waals surface area contributed by atoms with E-state index in [9.17, 15) is 13.2 Å². The van der Waals surface area contributed by atoms with Crippen molar-refractivity contribution in [3.05, 3.63) is 63.6 Å². The number of hydrogen-bond donors (Lipinski definition) is 1. The van der Waals surface area contributed by atoms with Gasteiger partial charge in [0, 0.05) is 23.4 Å². The molecule has 1 aliphatic carbocycles. The first-order valence-electron chi connectivity index (χ1n) is 9.40. The fraction of sp³-hybridized carbons (Fsp3) is 0.476. The summed E-state index contributed by atoms with van der Waals surface area (Å²) in [6.45, 7) is 1.98. The first-order valence-corrected chi connectivity index (χ1v) is 11.3. The van der Waals surface area contributed by atoms with Crippen LogP contribution in [-0.2, 0) is 16.3 Å². The maximum Gasteiger partial charge on any atom is 0.251 e. The third kappa shape index (κ3) is 4.26. The summed E-state index contributed by atoms with van der Waals surface area (Å²) in [4.78, 5) is 15.7. The second-order valence-corrected chi connectivity index (χ2v) is 9.42. The minimum Gasteiger partial charge on any atom is -0.325 e. The second kappa shape index (κ2) is 7.78. The van der Waals surface area contributed by atoms with Gasteiger partial charge in [-0.1, -0.05) is 50.8 Å². The summed E-state index contributed by atoms with van der Waals surface area (Å²) in [5.41, 5.74) is 2.75. The molecule has 1 saturated carbocycles. The zero-order chi connectivity index (χ0) is 18.7. The van der Waals surface area contributed by atoms with Crippen LogP contribution in [0.4, 0.5) is 0 Å². The van der Waals surface area contributed by atoms with Crippen LogP contribution in [0.3, 0.4) is 0 Å². The Morgan fingerprint density at radius 2 is 1.73 bits per heavy atom. The highest BCUT2D eigenvalue weighted by Crippen LogP contribution is 2.37. The van der Waals surface area contributed by atoms with Gasteiger partial charge in [-0.15, -0.1) is 0 Å². The molecule has 0 aliphatic heterocycles. The van der Waals surface area contributed by atoms with Crippen LogP contribution in [0, 0.1) is 5.92 Å². The van der Waals surface area contributed by atoms with Crippen molar-refractivity contribution in [2.45, 2.75) is 56.3 Å². The molecule has 1 atom stereocenters. The lowest BCUT2D eigenvalue weighted by atomic mass is 9.85. The lowest BCUT2D eigenvalue weighted by Crippen LogP contribution is -2.17. The SMILES string of the molecule is CCc1ccc(C(CC2CCCC2)c2ccc(S(C)(=O)=O)cc2)[nH]c1=O. The maximum atomic E-state index is 12.3. The normalized spacial score (nSPS) is 16.7. The van der Waals surface area contributed by atoms with Crippen molar-refractivity contribution in [1.82, 2.24) is 4.98 Å². The Kier molecular flexibility index (Phi) is 5.66. The monoisotopic (exact) mass is 373 g/mol. The zero-order valence-corrected chi connectivity index (χ0v) is 16.3. The van der Waals surface area contributed by atoms with Gasteiger partial charge in [0.2, 0.25) is 0 Å². The van der Waals surface area contributed by atoms with Gasteiger partial charge in [-0.05, 0) is 42.5 Å². The highest BCUT2D eigenvalue weighted by atomic mass is 32.2. The van der Waals surface area contributed by atoms with Crippen molar-refractivity contribution in [2.24, 2.45) is 5.92 Å². The molecule has 26 heavy (non-hydrogen) atoms. The van der Waals surface area contributed by atoms with E-state index in [0.717, 1.165) is 23.2 Å². The van der Waals surface area contributed by atoms with Crippen LogP contribution in [0.15, 0.2) is 46.1 Å². The van der Waals surface area contributed by atoms with Gasteiger partial charge in [0.05, 0.1) is 4.90 Å². The second-order valence-electron chi connectivity index (χ2n) is 7.40. The van der Waals surface area contributed by atoms with E-state index in [0.29, 0.717) is 17.2 Å². The molecule has 1 N–H and O–H groups in total. The summed E-state index contributed by atoms with van der Waals surface area (Å²) in [7, 11) is -3.21. The van der Waals surface area contributed by atoms with Gasteiger partial charge in [-0.3, -0.25) is 4.79 Å².